The van der Waals surface area contributed by atoms with Gasteiger partial charge in [-0.25, -0.2) is 0 Å². The first-order chi connectivity index (χ1) is 22.3. The van der Waals surface area contributed by atoms with Gasteiger partial charge in [0, 0.05) is 16.5 Å². The number of allylic oxidation sites excluding steroid dienone is 1. The first-order valence-electron chi connectivity index (χ1n) is 16.5. The van der Waals surface area contributed by atoms with E-state index >= 15 is 0 Å². The van der Waals surface area contributed by atoms with Crippen molar-refractivity contribution in [2.45, 2.75) is 57.0 Å². The van der Waals surface area contributed by atoms with E-state index in [9.17, 15) is 0 Å². The van der Waals surface area contributed by atoms with E-state index in [0.29, 0.717) is 0 Å². The lowest BCUT2D eigenvalue weighted by Gasteiger charge is -2.41. The van der Waals surface area contributed by atoms with E-state index in [0.717, 1.165) is 37.0 Å². The molecule has 45 heavy (non-hydrogen) atoms. The molecule has 0 radical (unpaired) electrons. The number of aryl methyl sites for hydroxylation is 2. The third-order valence-electron chi connectivity index (χ3n) is 10.1. The summed E-state index contributed by atoms with van der Waals surface area (Å²) in [6.45, 7) is 0. The Morgan fingerprint density at radius 2 is 1.40 bits per heavy atom. The molecule has 1 saturated heterocycles. The van der Waals surface area contributed by atoms with Gasteiger partial charge in [0.25, 0.3) is 0 Å². The second-order valence-electron chi connectivity index (χ2n) is 12.8. The Balaban J connectivity index is 1.09. The molecule has 0 spiro atoms. The van der Waals surface area contributed by atoms with Gasteiger partial charge < -0.3 is 4.42 Å². The molecule has 0 amide bonds. The minimum absolute atomic E-state index is 0.00989. The number of nitrogens with one attached hydrogen (secondary N) is 3. The molecular weight excluding hydrogens is 550 g/mol. The quantitative estimate of drug-likeness (QED) is 0.180. The van der Waals surface area contributed by atoms with Crippen molar-refractivity contribution < 1.29 is 4.42 Å². The predicted molar refractivity (Wildman–Crippen MR) is 184 cm³/mol. The number of hydrogen-bond acceptors (Lipinski definition) is 4. The average Bonchev–Trinajstić information content (AvgIpc) is 3.50. The zero-order valence-electron chi connectivity index (χ0n) is 25.4. The molecule has 0 saturated carbocycles. The maximum absolute atomic E-state index is 6.60. The van der Waals surface area contributed by atoms with Crippen LogP contribution in [0.3, 0.4) is 0 Å². The molecule has 2 aliphatic carbocycles. The van der Waals surface area contributed by atoms with Crippen molar-refractivity contribution in [3.8, 4) is 22.5 Å². The fraction of sp³-hybridized carbons (Fsp3) is 0.220. The molecule has 4 nitrogen and oxygen atoms in total. The summed E-state index contributed by atoms with van der Waals surface area (Å²) in [6.07, 6.45) is 9.34. The summed E-state index contributed by atoms with van der Waals surface area (Å²) >= 11 is 0. The van der Waals surface area contributed by atoms with E-state index in [1.165, 1.54) is 73.5 Å². The number of fused-ring (bicyclic) bond motifs is 6. The zero-order valence-corrected chi connectivity index (χ0v) is 25.4. The van der Waals surface area contributed by atoms with Gasteiger partial charge in [-0.2, -0.15) is 0 Å². The van der Waals surface area contributed by atoms with Gasteiger partial charge in [0.15, 0.2) is 0 Å². The van der Waals surface area contributed by atoms with Crippen molar-refractivity contribution in [2.75, 3.05) is 0 Å². The van der Waals surface area contributed by atoms with E-state index in [-0.39, 0.29) is 18.5 Å². The summed E-state index contributed by atoms with van der Waals surface area (Å²) in [5.74, 6) is 1.04. The van der Waals surface area contributed by atoms with E-state index in [1.54, 1.807) is 0 Å². The van der Waals surface area contributed by atoms with Crippen LogP contribution >= 0.6 is 0 Å². The molecule has 1 fully saturated rings. The number of hydrogen-bond donors (Lipinski definition) is 3. The van der Waals surface area contributed by atoms with Crippen LogP contribution in [-0.4, -0.2) is 6.17 Å². The smallest absolute Gasteiger partial charge is 0.139 e. The molecule has 6 aromatic rings. The first-order valence-corrected chi connectivity index (χ1v) is 16.5. The maximum atomic E-state index is 6.60. The van der Waals surface area contributed by atoms with Crippen LogP contribution in [0.15, 0.2) is 125 Å². The summed E-state index contributed by atoms with van der Waals surface area (Å²) in [7, 11) is 0. The SMILES string of the molecule is C1=C(C2NC(c3ccc(-c4ccc5ccccc5c4)cc3)NC(c3cccc4c3-c3oc5ccccc5c3CC4)N2)CCCC1. The summed E-state index contributed by atoms with van der Waals surface area (Å²) in [5.41, 5.74) is 11.4. The van der Waals surface area contributed by atoms with Crippen molar-refractivity contribution in [3.63, 3.8) is 0 Å². The van der Waals surface area contributed by atoms with E-state index in [4.69, 9.17) is 4.42 Å². The Morgan fingerprint density at radius 3 is 2.29 bits per heavy atom. The van der Waals surface area contributed by atoms with Crippen molar-refractivity contribution >= 4 is 21.7 Å². The summed E-state index contributed by atoms with van der Waals surface area (Å²) in [4.78, 5) is 0. The minimum Gasteiger partial charge on any atom is -0.456 e. The van der Waals surface area contributed by atoms with Gasteiger partial charge in [0.1, 0.15) is 11.3 Å². The largest absolute Gasteiger partial charge is 0.456 e. The second kappa shape index (κ2) is 11.1. The molecular formula is C41H37N3O. The molecule has 9 rings (SSSR count). The van der Waals surface area contributed by atoms with Crippen LogP contribution in [0, 0.1) is 0 Å². The molecule has 1 aromatic heterocycles. The first kappa shape index (κ1) is 26.9. The van der Waals surface area contributed by atoms with E-state index in [2.05, 4.69) is 131 Å². The maximum Gasteiger partial charge on any atom is 0.139 e. The molecule has 1 aliphatic heterocycles. The van der Waals surface area contributed by atoms with Gasteiger partial charge >= 0.3 is 0 Å². The Hall–Kier alpha value is -4.48. The van der Waals surface area contributed by atoms with Crippen molar-refractivity contribution in [1.29, 1.82) is 0 Å². The van der Waals surface area contributed by atoms with E-state index < -0.39 is 0 Å². The Morgan fingerprint density at radius 1 is 0.600 bits per heavy atom. The normalized spacial score (nSPS) is 21.3. The molecule has 222 valence electrons. The fourth-order valence-electron chi connectivity index (χ4n) is 7.75. The van der Waals surface area contributed by atoms with Gasteiger partial charge in [-0.1, -0.05) is 103 Å². The van der Waals surface area contributed by atoms with Crippen molar-refractivity contribution in [3.05, 3.63) is 143 Å². The van der Waals surface area contributed by atoms with Crippen LogP contribution in [0.25, 0.3) is 44.2 Å². The highest BCUT2D eigenvalue weighted by molar-refractivity contribution is 5.90. The molecule has 2 heterocycles. The zero-order chi connectivity index (χ0) is 29.7. The lowest BCUT2D eigenvalue weighted by atomic mass is 9.85. The van der Waals surface area contributed by atoms with Crippen molar-refractivity contribution in [1.82, 2.24) is 16.0 Å². The summed E-state index contributed by atoms with van der Waals surface area (Å²) in [6, 6.07) is 39.6. The molecule has 3 N–H and O–H groups in total. The highest BCUT2D eigenvalue weighted by Crippen LogP contribution is 2.43. The van der Waals surface area contributed by atoms with Crippen LogP contribution in [0.5, 0.6) is 0 Å². The third-order valence-corrected chi connectivity index (χ3v) is 10.1. The Labute approximate surface area is 264 Å². The minimum atomic E-state index is -0.0432. The van der Waals surface area contributed by atoms with Crippen LogP contribution in [0.4, 0.5) is 0 Å². The summed E-state index contributed by atoms with van der Waals surface area (Å²) < 4.78 is 6.60. The summed E-state index contributed by atoms with van der Waals surface area (Å²) in [5, 5.41) is 15.7. The molecule has 4 heteroatoms. The Bertz CT molecular complexity index is 2070. The number of benzene rings is 5. The van der Waals surface area contributed by atoms with Gasteiger partial charge in [-0.05, 0) is 94.8 Å². The third kappa shape index (κ3) is 4.81. The van der Waals surface area contributed by atoms with Gasteiger partial charge in [-0.3, -0.25) is 16.0 Å². The average molecular weight is 588 g/mol. The molecule has 5 aromatic carbocycles. The van der Waals surface area contributed by atoms with Gasteiger partial charge in [-0.15, -0.1) is 0 Å². The van der Waals surface area contributed by atoms with Crippen molar-refractivity contribution in [2.24, 2.45) is 0 Å². The highest BCUT2D eigenvalue weighted by atomic mass is 16.3. The topological polar surface area (TPSA) is 49.2 Å². The van der Waals surface area contributed by atoms with Crippen LogP contribution < -0.4 is 16.0 Å². The molecule has 3 atom stereocenters. The highest BCUT2D eigenvalue weighted by Gasteiger charge is 2.34. The van der Waals surface area contributed by atoms with E-state index in [1.807, 2.05) is 0 Å². The van der Waals surface area contributed by atoms with Gasteiger partial charge in [0.2, 0.25) is 0 Å². The number of rotatable bonds is 4. The lowest BCUT2D eigenvalue weighted by molar-refractivity contribution is 0.218. The lowest BCUT2D eigenvalue weighted by Crippen LogP contribution is -2.59. The monoisotopic (exact) mass is 587 g/mol. The fourth-order valence-corrected chi connectivity index (χ4v) is 7.75. The van der Waals surface area contributed by atoms with Crippen LogP contribution in [-0.2, 0) is 12.8 Å². The second-order valence-corrected chi connectivity index (χ2v) is 12.8. The number of furan rings is 1. The Kier molecular flexibility index (Phi) is 6.66. The molecule has 3 aliphatic rings. The molecule has 0 bridgehead atoms. The number of para-hydroxylation sites is 1. The predicted octanol–water partition coefficient (Wildman–Crippen LogP) is 9.32. The standard InChI is InChI=1S/C41H37N3O/c1-2-10-29(11-3-1)39-42-40(30-20-17-27(18-21-30)32-22-19-26-9-4-5-12-31(26)25-32)44-41(43-39)35-15-8-13-28-23-24-34-33-14-6-7-16-36(33)45-38(34)37(28)35/h4-10,12-22,25,39-44H,1-3,11,23-24H2. The van der Waals surface area contributed by atoms with Crippen LogP contribution in [0.1, 0.15) is 60.3 Å². The van der Waals surface area contributed by atoms with Crippen LogP contribution in [0.2, 0.25) is 0 Å². The molecule has 3 unspecified atom stereocenters. The van der Waals surface area contributed by atoms with Gasteiger partial charge in [0.05, 0.1) is 18.5 Å².